The molecule has 0 fully saturated rings. The minimum Gasteiger partial charge on any atom is -0.392 e. The van der Waals surface area contributed by atoms with Crippen LogP contribution in [0.25, 0.3) is 6.08 Å². The highest BCUT2D eigenvalue weighted by atomic mass is 35.5. The fraction of sp³-hybridized carbons (Fsp3) is 0.100. The third-order valence-corrected chi connectivity index (χ3v) is 1.62. The molecule has 0 aliphatic heterocycles. The third kappa shape index (κ3) is 3.87. The Labute approximate surface area is 82.2 Å². The van der Waals surface area contributed by atoms with Crippen molar-refractivity contribution in [2.75, 3.05) is 6.61 Å². The summed E-state index contributed by atoms with van der Waals surface area (Å²) in [7, 11) is 0. The number of aliphatic hydroxyl groups is 1. The summed E-state index contributed by atoms with van der Waals surface area (Å²) in [6.07, 6.45) is 8.83. The molecule has 1 rings (SSSR count). The molecule has 68 valence electrons. The summed E-state index contributed by atoms with van der Waals surface area (Å²) in [5.41, 5.74) is 0.979. The highest BCUT2D eigenvalue weighted by Crippen LogP contribution is 2.06. The number of nitrogens with zero attached hydrogens (tertiary/aromatic N) is 1. The molecule has 0 atom stereocenters. The van der Waals surface area contributed by atoms with E-state index >= 15 is 0 Å². The molecule has 0 aliphatic rings. The summed E-state index contributed by atoms with van der Waals surface area (Å²) in [5, 5.41) is 8.94. The van der Waals surface area contributed by atoms with Crippen LogP contribution in [0.1, 0.15) is 5.56 Å². The number of hydrogen-bond acceptors (Lipinski definition) is 2. The predicted molar refractivity (Wildman–Crippen MR) is 54.5 cm³/mol. The van der Waals surface area contributed by atoms with Gasteiger partial charge in [0.1, 0.15) is 5.15 Å². The molecule has 0 aromatic carbocycles. The molecule has 0 saturated carbocycles. The lowest BCUT2D eigenvalue weighted by Crippen LogP contribution is -1.75. The van der Waals surface area contributed by atoms with E-state index in [0.29, 0.717) is 5.15 Å². The zero-order chi connectivity index (χ0) is 9.52. The zero-order valence-electron chi connectivity index (χ0n) is 7.02. The van der Waals surface area contributed by atoms with E-state index in [-0.39, 0.29) is 6.61 Å². The minimum atomic E-state index is 0.0587. The summed E-state index contributed by atoms with van der Waals surface area (Å²) in [6, 6.07) is 3.61. The van der Waals surface area contributed by atoms with E-state index in [4.69, 9.17) is 16.7 Å². The molecule has 0 spiro atoms. The number of aliphatic hydroxyl groups excluding tert-OH is 1. The molecule has 0 aliphatic carbocycles. The first kappa shape index (κ1) is 9.96. The van der Waals surface area contributed by atoms with Gasteiger partial charge < -0.3 is 5.11 Å². The standard InChI is InChI=1S/C10H10ClNO/c11-10-6-5-9(8-12-10)4-2-1-3-7-13/h1-6,8,13H,7H2/b3-1+,4-2+. The number of aromatic nitrogens is 1. The van der Waals surface area contributed by atoms with E-state index in [1.54, 1.807) is 24.4 Å². The van der Waals surface area contributed by atoms with Gasteiger partial charge in [-0.3, -0.25) is 0 Å². The fourth-order valence-corrected chi connectivity index (χ4v) is 0.904. The number of hydrogen-bond donors (Lipinski definition) is 1. The summed E-state index contributed by atoms with van der Waals surface area (Å²) in [4.78, 5) is 3.92. The Morgan fingerprint density at radius 1 is 1.38 bits per heavy atom. The zero-order valence-corrected chi connectivity index (χ0v) is 7.78. The third-order valence-electron chi connectivity index (χ3n) is 1.39. The number of rotatable bonds is 3. The Kier molecular flexibility index (Phi) is 4.23. The average molecular weight is 196 g/mol. The summed E-state index contributed by atoms with van der Waals surface area (Å²) in [6.45, 7) is 0.0587. The molecule has 0 radical (unpaired) electrons. The molecule has 1 N–H and O–H groups in total. The van der Waals surface area contributed by atoms with Crippen LogP contribution in [0, 0.1) is 0 Å². The molecule has 0 bridgehead atoms. The van der Waals surface area contributed by atoms with Crippen molar-refractivity contribution in [3.63, 3.8) is 0 Å². The van der Waals surface area contributed by atoms with Crippen LogP contribution in [-0.4, -0.2) is 16.7 Å². The van der Waals surface area contributed by atoms with Gasteiger partial charge in [-0.2, -0.15) is 0 Å². The second-order valence-corrected chi connectivity index (χ2v) is 2.77. The van der Waals surface area contributed by atoms with E-state index in [2.05, 4.69) is 4.98 Å². The van der Waals surface area contributed by atoms with Gasteiger partial charge in [0.25, 0.3) is 0 Å². The van der Waals surface area contributed by atoms with E-state index in [1.807, 2.05) is 18.2 Å². The van der Waals surface area contributed by atoms with E-state index in [0.717, 1.165) is 5.56 Å². The predicted octanol–water partition coefficient (Wildman–Crippen LogP) is 2.30. The smallest absolute Gasteiger partial charge is 0.129 e. The molecule has 2 nitrogen and oxygen atoms in total. The number of allylic oxidation sites excluding steroid dienone is 2. The van der Waals surface area contributed by atoms with E-state index < -0.39 is 0 Å². The van der Waals surface area contributed by atoms with Gasteiger partial charge >= 0.3 is 0 Å². The lowest BCUT2D eigenvalue weighted by atomic mass is 10.2. The van der Waals surface area contributed by atoms with Crippen molar-refractivity contribution in [1.29, 1.82) is 0 Å². The Morgan fingerprint density at radius 3 is 2.85 bits per heavy atom. The van der Waals surface area contributed by atoms with Gasteiger partial charge in [-0.15, -0.1) is 0 Å². The molecular weight excluding hydrogens is 186 g/mol. The van der Waals surface area contributed by atoms with Crippen molar-refractivity contribution in [1.82, 2.24) is 4.98 Å². The van der Waals surface area contributed by atoms with Crippen LogP contribution >= 0.6 is 11.6 Å². The fourth-order valence-electron chi connectivity index (χ4n) is 0.792. The first-order valence-electron chi connectivity index (χ1n) is 3.88. The first-order chi connectivity index (χ1) is 6.33. The number of pyridine rings is 1. The van der Waals surface area contributed by atoms with Crippen LogP contribution in [0.2, 0.25) is 5.15 Å². The van der Waals surface area contributed by atoms with Gasteiger partial charge in [0.05, 0.1) is 6.61 Å². The number of halogens is 1. The Bertz CT molecular complexity index is 303. The second-order valence-electron chi connectivity index (χ2n) is 2.38. The average Bonchev–Trinajstić information content (AvgIpc) is 2.15. The summed E-state index contributed by atoms with van der Waals surface area (Å²) >= 11 is 5.61. The molecule has 0 amide bonds. The Hall–Kier alpha value is -1.12. The maximum absolute atomic E-state index is 8.45. The Morgan fingerprint density at radius 2 is 2.23 bits per heavy atom. The second kappa shape index (κ2) is 5.51. The largest absolute Gasteiger partial charge is 0.392 e. The van der Waals surface area contributed by atoms with Crippen molar-refractivity contribution in [3.8, 4) is 0 Å². The van der Waals surface area contributed by atoms with Gasteiger partial charge in [0.15, 0.2) is 0 Å². The van der Waals surface area contributed by atoms with Crippen LogP contribution in [0.3, 0.4) is 0 Å². The first-order valence-corrected chi connectivity index (χ1v) is 4.26. The monoisotopic (exact) mass is 195 g/mol. The summed E-state index contributed by atoms with van der Waals surface area (Å²) < 4.78 is 0. The van der Waals surface area contributed by atoms with Crippen LogP contribution in [0.4, 0.5) is 0 Å². The maximum Gasteiger partial charge on any atom is 0.129 e. The van der Waals surface area contributed by atoms with Crippen LogP contribution in [-0.2, 0) is 0 Å². The highest BCUT2D eigenvalue weighted by molar-refractivity contribution is 6.29. The van der Waals surface area contributed by atoms with Crippen LogP contribution < -0.4 is 0 Å². The van der Waals surface area contributed by atoms with Crippen molar-refractivity contribution in [2.24, 2.45) is 0 Å². The van der Waals surface area contributed by atoms with Crippen LogP contribution in [0.15, 0.2) is 36.6 Å². The molecule has 1 aromatic rings. The topological polar surface area (TPSA) is 33.1 Å². The lowest BCUT2D eigenvalue weighted by molar-refractivity contribution is 0.343. The SMILES string of the molecule is OC/C=C/C=C/c1ccc(Cl)nc1. The van der Waals surface area contributed by atoms with Gasteiger partial charge in [0.2, 0.25) is 0 Å². The van der Waals surface area contributed by atoms with Crippen molar-refractivity contribution in [2.45, 2.75) is 0 Å². The van der Waals surface area contributed by atoms with Gasteiger partial charge in [-0.1, -0.05) is 42.0 Å². The molecule has 0 saturated heterocycles. The molecule has 1 aromatic heterocycles. The van der Waals surface area contributed by atoms with Gasteiger partial charge in [-0.25, -0.2) is 4.98 Å². The molecule has 0 unspecified atom stereocenters. The summed E-state index contributed by atoms with van der Waals surface area (Å²) in [5.74, 6) is 0. The van der Waals surface area contributed by atoms with E-state index in [1.165, 1.54) is 0 Å². The highest BCUT2D eigenvalue weighted by Gasteiger charge is 1.86. The van der Waals surface area contributed by atoms with Crippen molar-refractivity contribution in [3.05, 3.63) is 47.3 Å². The molecule has 13 heavy (non-hydrogen) atoms. The molecule has 3 heteroatoms. The van der Waals surface area contributed by atoms with Crippen molar-refractivity contribution < 1.29 is 5.11 Å². The van der Waals surface area contributed by atoms with Crippen molar-refractivity contribution >= 4 is 17.7 Å². The molecular formula is C10H10ClNO. The van der Waals surface area contributed by atoms with E-state index in [9.17, 15) is 0 Å². The van der Waals surface area contributed by atoms with Crippen LogP contribution in [0.5, 0.6) is 0 Å². The lowest BCUT2D eigenvalue weighted by Gasteiger charge is -1.90. The normalized spacial score (nSPS) is 11.5. The minimum absolute atomic E-state index is 0.0587. The van der Waals surface area contributed by atoms with Gasteiger partial charge in [-0.05, 0) is 11.6 Å². The van der Waals surface area contributed by atoms with Gasteiger partial charge in [0, 0.05) is 6.20 Å². The maximum atomic E-state index is 8.45. The quantitative estimate of drug-likeness (QED) is 0.593. The Balaban J connectivity index is 2.59. The molecule has 1 heterocycles.